The Morgan fingerprint density at radius 3 is 2.68 bits per heavy atom. The first-order valence-electron chi connectivity index (χ1n) is 5.87. The Balaban J connectivity index is 1.81. The molecule has 1 fully saturated rings. The van der Waals surface area contributed by atoms with Gasteiger partial charge in [0.15, 0.2) is 6.04 Å². The zero-order valence-electron chi connectivity index (χ0n) is 10.5. The van der Waals surface area contributed by atoms with E-state index in [9.17, 15) is 9.59 Å². The first-order valence-corrected chi connectivity index (χ1v) is 5.87. The number of esters is 1. The molecule has 19 heavy (non-hydrogen) atoms. The molecule has 2 rings (SSSR count). The quantitative estimate of drug-likeness (QED) is 0.631. The minimum Gasteiger partial charge on any atom is -0.467 e. The zero-order chi connectivity index (χ0) is 13.7. The Labute approximate surface area is 110 Å². The Kier molecular flexibility index (Phi) is 4.35. The van der Waals surface area contributed by atoms with E-state index in [2.05, 4.69) is 10.1 Å². The molecule has 102 valence electrons. The number of alkyl carbamates (subject to hydrolysis) is 1. The number of epoxide rings is 1. The highest BCUT2D eigenvalue weighted by atomic mass is 16.6. The van der Waals surface area contributed by atoms with Gasteiger partial charge in [-0.15, -0.1) is 0 Å². The van der Waals surface area contributed by atoms with Crippen molar-refractivity contribution in [3.63, 3.8) is 0 Å². The van der Waals surface area contributed by atoms with Gasteiger partial charge in [0.05, 0.1) is 13.7 Å². The molecule has 6 heteroatoms. The van der Waals surface area contributed by atoms with E-state index in [-0.39, 0.29) is 12.7 Å². The van der Waals surface area contributed by atoms with Crippen LogP contribution in [0.1, 0.15) is 5.56 Å². The summed E-state index contributed by atoms with van der Waals surface area (Å²) in [5.41, 5.74) is 0.870. The van der Waals surface area contributed by atoms with E-state index in [1.54, 1.807) is 0 Å². The van der Waals surface area contributed by atoms with Gasteiger partial charge in [-0.05, 0) is 5.56 Å². The molecule has 2 atom stereocenters. The zero-order valence-corrected chi connectivity index (χ0v) is 10.5. The summed E-state index contributed by atoms with van der Waals surface area (Å²) in [6, 6.07) is 8.46. The Hall–Kier alpha value is -2.08. The molecule has 0 saturated carbocycles. The lowest BCUT2D eigenvalue weighted by Gasteiger charge is -2.14. The third kappa shape index (κ3) is 3.96. The van der Waals surface area contributed by atoms with Crippen molar-refractivity contribution >= 4 is 12.1 Å². The van der Waals surface area contributed by atoms with Gasteiger partial charge in [0.25, 0.3) is 0 Å². The molecule has 1 unspecified atom stereocenters. The van der Waals surface area contributed by atoms with Crippen molar-refractivity contribution in [2.75, 3.05) is 13.7 Å². The summed E-state index contributed by atoms with van der Waals surface area (Å²) in [4.78, 5) is 23.0. The highest BCUT2D eigenvalue weighted by Crippen LogP contribution is 2.15. The lowest BCUT2D eigenvalue weighted by molar-refractivity contribution is -0.143. The fourth-order valence-electron chi connectivity index (χ4n) is 1.57. The van der Waals surface area contributed by atoms with Gasteiger partial charge in [-0.3, -0.25) is 0 Å². The van der Waals surface area contributed by atoms with Crippen molar-refractivity contribution in [2.24, 2.45) is 0 Å². The third-order valence-corrected chi connectivity index (χ3v) is 2.67. The van der Waals surface area contributed by atoms with Crippen LogP contribution < -0.4 is 5.32 Å². The molecule has 0 bridgehead atoms. The second-order valence-electron chi connectivity index (χ2n) is 4.08. The number of nitrogens with one attached hydrogen (secondary N) is 1. The van der Waals surface area contributed by atoms with Crippen LogP contribution in [0, 0.1) is 0 Å². The molecular weight excluding hydrogens is 250 g/mol. The topological polar surface area (TPSA) is 77.2 Å². The van der Waals surface area contributed by atoms with Gasteiger partial charge in [0.1, 0.15) is 12.7 Å². The molecule has 1 aromatic carbocycles. The van der Waals surface area contributed by atoms with E-state index in [1.807, 2.05) is 30.3 Å². The van der Waals surface area contributed by atoms with Gasteiger partial charge >= 0.3 is 12.1 Å². The molecule has 0 radical (unpaired) electrons. The van der Waals surface area contributed by atoms with Crippen LogP contribution >= 0.6 is 0 Å². The average molecular weight is 265 g/mol. The lowest BCUT2D eigenvalue weighted by atomic mass is 10.2. The van der Waals surface area contributed by atoms with Crippen LogP contribution in [-0.2, 0) is 25.6 Å². The first kappa shape index (κ1) is 13.4. The van der Waals surface area contributed by atoms with Crippen LogP contribution in [0.2, 0.25) is 0 Å². The van der Waals surface area contributed by atoms with Gasteiger partial charge < -0.3 is 19.5 Å². The number of ether oxygens (including phenoxy) is 3. The maximum Gasteiger partial charge on any atom is 0.408 e. The second kappa shape index (κ2) is 6.19. The number of carbonyl (C=O) groups excluding carboxylic acids is 2. The van der Waals surface area contributed by atoms with Crippen LogP contribution in [0.5, 0.6) is 0 Å². The maximum absolute atomic E-state index is 11.6. The molecule has 1 aromatic rings. The van der Waals surface area contributed by atoms with Crippen LogP contribution in [0.25, 0.3) is 0 Å². The van der Waals surface area contributed by atoms with Crippen molar-refractivity contribution in [1.82, 2.24) is 5.32 Å². The molecule has 1 N–H and O–H groups in total. The van der Waals surface area contributed by atoms with Gasteiger partial charge in [-0.2, -0.15) is 0 Å². The summed E-state index contributed by atoms with van der Waals surface area (Å²) in [6.07, 6.45) is -0.994. The first-order chi connectivity index (χ1) is 9.20. The molecular formula is C13H15NO5. The van der Waals surface area contributed by atoms with Crippen molar-refractivity contribution < 1.29 is 23.8 Å². The molecule has 0 aliphatic carbocycles. The molecule has 1 amide bonds. The van der Waals surface area contributed by atoms with E-state index in [0.29, 0.717) is 6.61 Å². The smallest absolute Gasteiger partial charge is 0.408 e. The highest BCUT2D eigenvalue weighted by Gasteiger charge is 2.40. The molecule has 1 aliphatic rings. The van der Waals surface area contributed by atoms with Crippen LogP contribution in [-0.4, -0.2) is 37.9 Å². The predicted molar refractivity (Wildman–Crippen MR) is 65.3 cm³/mol. The standard InChI is InChI=1S/C13H15NO5/c1-17-12(15)11(10-8-18-10)14-13(16)19-7-9-5-3-2-4-6-9/h2-6,10-11H,7-8H2,1H3,(H,14,16)/t10?,11-/m0/s1. The minimum absolute atomic E-state index is 0.145. The Morgan fingerprint density at radius 2 is 2.11 bits per heavy atom. The summed E-state index contributed by atoms with van der Waals surface area (Å²) in [5.74, 6) is -0.542. The van der Waals surface area contributed by atoms with E-state index >= 15 is 0 Å². The normalized spacial score (nSPS) is 18.3. The molecule has 1 heterocycles. The molecule has 1 aliphatic heterocycles. The molecule has 0 spiro atoms. The Morgan fingerprint density at radius 1 is 1.42 bits per heavy atom. The van der Waals surface area contributed by atoms with E-state index in [1.165, 1.54) is 7.11 Å². The summed E-state index contributed by atoms with van der Waals surface area (Å²) in [7, 11) is 1.26. The molecule has 1 saturated heterocycles. The fourth-order valence-corrected chi connectivity index (χ4v) is 1.57. The van der Waals surface area contributed by atoms with E-state index < -0.39 is 18.1 Å². The van der Waals surface area contributed by atoms with Gasteiger partial charge in [-0.1, -0.05) is 30.3 Å². The number of amides is 1. The predicted octanol–water partition coefficient (Wildman–Crippen LogP) is 0.853. The average Bonchev–Trinajstić information content (AvgIpc) is 3.27. The van der Waals surface area contributed by atoms with E-state index in [4.69, 9.17) is 9.47 Å². The summed E-state index contributed by atoms with van der Waals surface area (Å²) in [6.45, 7) is 0.574. The summed E-state index contributed by atoms with van der Waals surface area (Å²) < 4.78 is 14.6. The minimum atomic E-state index is -0.812. The van der Waals surface area contributed by atoms with Gasteiger partial charge in [-0.25, -0.2) is 9.59 Å². The second-order valence-corrected chi connectivity index (χ2v) is 4.08. The highest BCUT2D eigenvalue weighted by molar-refractivity contribution is 5.82. The third-order valence-electron chi connectivity index (χ3n) is 2.67. The number of methoxy groups -OCH3 is 1. The van der Waals surface area contributed by atoms with Gasteiger partial charge in [0, 0.05) is 0 Å². The maximum atomic E-state index is 11.6. The molecule has 6 nitrogen and oxygen atoms in total. The monoisotopic (exact) mass is 265 g/mol. The largest absolute Gasteiger partial charge is 0.467 e. The van der Waals surface area contributed by atoms with Crippen molar-refractivity contribution in [1.29, 1.82) is 0 Å². The fraction of sp³-hybridized carbons (Fsp3) is 0.385. The summed E-state index contributed by atoms with van der Waals surface area (Å²) >= 11 is 0. The number of hydrogen-bond acceptors (Lipinski definition) is 5. The van der Waals surface area contributed by atoms with Crippen molar-refractivity contribution in [3.05, 3.63) is 35.9 Å². The number of benzene rings is 1. The van der Waals surface area contributed by atoms with Crippen molar-refractivity contribution in [3.8, 4) is 0 Å². The number of hydrogen-bond donors (Lipinski definition) is 1. The van der Waals surface area contributed by atoms with Crippen LogP contribution in [0.15, 0.2) is 30.3 Å². The number of carbonyl (C=O) groups is 2. The van der Waals surface area contributed by atoms with Gasteiger partial charge in [0.2, 0.25) is 0 Å². The SMILES string of the molecule is COC(=O)[C@@H](NC(=O)OCc1ccccc1)C1CO1. The number of rotatable bonds is 5. The van der Waals surface area contributed by atoms with Crippen LogP contribution in [0.3, 0.4) is 0 Å². The van der Waals surface area contributed by atoms with Crippen LogP contribution in [0.4, 0.5) is 4.79 Å². The molecule has 0 aromatic heterocycles. The van der Waals surface area contributed by atoms with Crippen molar-refractivity contribution in [2.45, 2.75) is 18.8 Å². The Bertz CT molecular complexity index is 444. The van der Waals surface area contributed by atoms with E-state index in [0.717, 1.165) is 5.56 Å². The summed E-state index contributed by atoms with van der Waals surface area (Å²) in [5, 5.41) is 2.44. The lowest BCUT2D eigenvalue weighted by Crippen LogP contribution is -2.45.